The summed E-state index contributed by atoms with van der Waals surface area (Å²) in [5.74, 6) is 0. The van der Waals surface area contributed by atoms with Crippen molar-refractivity contribution < 1.29 is 5.48 Å². The molecule has 0 aromatic heterocycles. The molecule has 220 valence electrons. The van der Waals surface area contributed by atoms with E-state index in [2.05, 4.69) is 78.9 Å². The Balaban J connectivity index is 1.32. The summed E-state index contributed by atoms with van der Waals surface area (Å²) >= 11 is 0. The minimum atomic E-state index is -0.105. The van der Waals surface area contributed by atoms with Gasteiger partial charge in [-0.15, -0.1) is 0 Å². The average molecular weight is 602 g/mol. The lowest BCUT2D eigenvalue weighted by Gasteiger charge is -2.28. The van der Waals surface area contributed by atoms with E-state index in [9.17, 15) is 5.48 Å². The molecule has 0 radical (unpaired) electrons. The normalized spacial score (nSPS) is 12.6. The Hall–Kier alpha value is -6.18. The molecule has 0 N–H and O–H groups in total. The first kappa shape index (κ1) is 23.2. The van der Waals surface area contributed by atoms with Gasteiger partial charge in [0.1, 0.15) is 0 Å². The zero-order valence-corrected chi connectivity index (χ0v) is 25.5. The van der Waals surface area contributed by atoms with Crippen LogP contribution in [0.1, 0.15) is 5.48 Å². The van der Waals surface area contributed by atoms with Crippen LogP contribution in [0.4, 0.5) is 17.1 Å². The van der Waals surface area contributed by atoms with E-state index >= 15 is 0 Å². The average Bonchev–Trinajstić information content (AvgIpc) is 3.19. The van der Waals surface area contributed by atoms with Crippen molar-refractivity contribution in [2.45, 2.75) is 0 Å². The highest BCUT2D eigenvalue weighted by atomic mass is 15.1. The van der Waals surface area contributed by atoms with Gasteiger partial charge in [0.05, 0.1) is 11.2 Å². The molecule has 0 amide bonds. The molecule has 0 unspecified atom stereocenters. The van der Waals surface area contributed by atoms with Crippen LogP contribution in [0.2, 0.25) is 0 Å². The summed E-state index contributed by atoms with van der Waals surface area (Å²) in [5.41, 5.74) is 4.68. The zero-order valence-electron chi connectivity index (χ0n) is 29.5. The first-order valence-electron chi connectivity index (χ1n) is 17.9. The van der Waals surface area contributed by atoms with Crippen molar-refractivity contribution in [2.75, 3.05) is 4.90 Å². The van der Waals surface area contributed by atoms with Gasteiger partial charge in [0.25, 0.3) is 0 Å². The third-order valence-electron chi connectivity index (χ3n) is 9.07. The smallest absolute Gasteiger partial charge is 0.0645 e. The van der Waals surface area contributed by atoms with Gasteiger partial charge in [0, 0.05) is 16.8 Å². The Kier molecular flexibility index (Phi) is 5.59. The lowest BCUT2D eigenvalue weighted by molar-refractivity contribution is 1.30. The summed E-state index contributed by atoms with van der Waals surface area (Å²) in [6, 6.07) is 54.6. The Labute approximate surface area is 280 Å². The molecule has 0 heterocycles. The SMILES string of the molecule is [2H]c1c([2H])c(N(c2cccc(-c3ccccc3)c2)c2cc3ccccc3c3ccccc23)c([2H])c([2H])c1-c1ccc2ccc3ccccc3c2c1. The summed E-state index contributed by atoms with van der Waals surface area (Å²) in [4.78, 5) is 1.92. The number of rotatable bonds is 5. The second-order valence-corrected chi connectivity index (χ2v) is 11.9. The van der Waals surface area contributed by atoms with E-state index in [0.717, 1.165) is 65.6 Å². The number of nitrogens with zero attached hydrogens (tertiary/aromatic N) is 1. The minimum Gasteiger partial charge on any atom is -0.310 e. The molecule has 9 aromatic carbocycles. The first-order valence-corrected chi connectivity index (χ1v) is 15.9. The molecule has 0 saturated heterocycles. The van der Waals surface area contributed by atoms with Crippen molar-refractivity contribution in [1.82, 2.24) is 0 Å². The fourth-order valence-corrected chi connectivity index (χ4v) is 6.78. The number of benzene rings is 9. The van der Waals surface area contributed by atoms with E-state index in [-0.39, 0.29) is 35.4 Å². The van der Waals surface area contributed by atoms with Crippen molar-refractivity contribution >= 4 is 60.2 Å². The van der Waals surface area contributed by atoms with Gasteiger partial charge in [-0.05, 0) is 96.3 Å². The monoisotopic (exact) mass is 601 g/mol. The molecule has 0 fully saturated rings. The van der Waals surface area contributed by atoms with Crippen molar-refractivity contribution in [3.63, 3.8) is 0 Å². The highest BCUT2D eigenvalue weighted by Crippen LogP contribution is 2.43. The maximum absolute atomic E-state index is 9.60. The lowest BCUT2D eigenvalue weighted by atomic mass is 9.96. The van der Waals surface area contributed by atoms with Crippen LogP contribution in [0.5, 0.6) is 0 Å². The van der Waals surface area contributed by atoms with E-state index in [0.29, 0.717) is 5.56 Å². The van der Waals surface area contributed by atoms with E-state index in [1.165, 1.54) is 0 Å². The highest BCUT2D eigenvalue weighted by molar-refractivity contribution is 6.14. The fraction of sp³-hybridized carbons (Fsp3) is 0. The van der Waals surface area contributed by atoms with Gasteiger partial charge >= 0.3 is 0 Å². The molecule has 0 aliphatic rings. The van der Waals surface area contributed by atoms with Crippen molar-refractivity contribution in [2.24, 2.45) is 0 Å². The molecule has 1 nitrogen and oxygen atoms in total. The van der Waals surface area contributed by atoms with Gasteiger partial charge in [-0.1, -0.05) is 152 Å². The number of hydrogen-bond donors (Lipinski definition) is 0. The van der Waals surface area contributed by atoms with Gasteiger partial charge in [0.15, 0.2) is 0 Å². The minimum absolute atomic E-state index is 0.0834. The maximum Gasteiger partial charge on any atom is 0.0645 e. The molecule has 0 spiro atoms. The molecule has 0 aliphatic carbocycles. The highest BCUT2D eigenvalue weighted by Gasteiger charge is 2.18. The molecule has 0 aliphatic heterocycles. The molecule has 9 rings (SSSR count). The van der Waals surface area contributed by atoms with E-state index in [4.69, 9.17) is 0 Å². The largest absolute Gasteiger partial charge is 0.310 e. The fourth-order valence-electron chi connectivity index (χ4n) is 6.78. The Morgan fingerprint density at radius 2 is 0.894 bits per heavy atom. The molecule has 0 saturated carbocycles. The van der Waals surface area contributed by atoms with Crippen LogP contribution in [0.25, 0.3) is 65.3 Å². The van der Waals surface area contributed by atoms with Gasteiger partial charge in [-0.2, -0.15) is 0 Å². The molecular formula is C46H31N. The summed E-state index contributed by atoms with van der Waals surface area (Å²) in [6.45, 7) is 0. The maximum atomic E-state index is 9.60. The van der Waals surface area contributed by atoms with E-state index in [1.807, 2.05) is 89.8 Å². The predicted octanol–water partition coefficient (Wildman–Crippen LogP) is 13.1. The number of hydrogen-bond acceptors (Lipinski definition) is 1. The van der Waals surface area contributed by atoms with Crippen LogP contribution in [-0.4, -0.2) is 0 Å². The predicted molar refractivity (Wildman–Crippen MR) is 202 cm³/mol. The number of anilines is 3. The van der Waals surface area contributed by atoms with E-state index < -0.39 is 0 Å². The third kappa shape index (κ3) is 4.81. The van der Waals surface area contributed by atoms with Crippen molar-refractivity contribution in [3.05, 3.63) is 188 Å². The first-order chi connectivity index (χ1) is 25.0. The Bertz CT molecular complexity index is 2780. The quantitative estimate of drug-likeness (QED) is 0.177. The Morgan fingerprint density at radius 1 is 0.319 bits per heavy atom. The third-order valence-corrected chi connectivity index (χ3v) is 9.07. The Morgan fingerprint density at radius 3 is 1.68 bits per heavy atom. The van der Waals surface area contributed by atoms with Crippen LogP contribution >= 0.6 is 0 Å². The summed E-state index contributed by atoms with van der Waals surface area (Å²) < 4.78 is 38.1. The second-order valence-electron chi connectivity index (χ2n) is 11.9. The second kappa shape index (κ2) is 11.3. The van der Waals surface area contributed by atoms with Gasteiger partial charge < -0.3 is 4.90 Å². The summed E-state index contributed by atoms with van der Waals surface area (Å²) in [5, 5.41) is 8.36. The number of fused-ring (bicyclic) bond motifs is 6. The zero-order chi connectivity index (χ0) is 34.6. The topological polar surface area (TPSA) is 3.24 Å². The van der Waals surface area contributed by atoms with Gasteiger partial charge in [-0.3, -0.25) is 0 Å². The van der Waals surface area contributed by atoms with Gasteiger partial charge in [-0.25, -0.2) is 0 Å². The standard InChI is InChI=1S/C46H31N/c1-2-11-32(12-3-1)36-15-10-16-40(29-36)47(46-31-38-14-5-7-18-42(38)43-19-8-9-20-44(43)46)39-27-25-33(26-28-39)37-24-23-35-22-21-34-13-4-6-17-41(34)45(35)30-37/h1-31H/i25D,26D,27D,28D. The molecule has 0 bridgehead atoms. The molecular weight excluding hydrogens is 567 g/mol. The van der Waals surface area contributed by atoms with Crippen LogP contribution in [0, 0.1) is 0 Å². The molecule has 47 heavy (non-hydrogen) atoms. The molecule has 1 heteroatoms. The van der Waals surface area contributed by atoms with Crippen molar-refractivity contribution in [3.8, 4) is 22.3 Å². The summed E-state index contributed by atoms with van der Waals surface area (Å²) in [6.07, 6.45) is 0. The molecule has 0 atom stereocenters. The van der Waals surface area contributed by atoms with Crippen LogP contribution in [0.3, 0.4) is 0 Å². The van der Waals surface area contributed by atoms with Crippen LogP contribution < -0.4 is 4.90 Å². The van der Waals surface area contributed by atoms with Crippen molar-refractivity contribution in [1.29, 1.82) is 0 Å². The van der Waals surface area contributed by atoms with Gasteiger partial charge in [0.2, 0.25) is 0 Å². The lowest BCUT2D eigenvalue weighted by Crippen LogP contribution is -2.10. The van der Waals surface area contributed by atoms with Crippen LogP contribution in [0.15, 0.2) is 188 Å². The molecule has 9 aromatic rings. The van der Waals surface area contributed by atoms with Crippen LogP contribution in [-0.2, 0) is 0 Å². The van der Waals surface area contributed by atoms with E-state index in [1.54, 1.807) is 0 Å². The summed E-state index contributed by atoms with van der Waals surface area (Å²) in [7, 11) is 0.